The number of anilines is 1. The summed E-state index contributed by atoms with van der Waals surface area (Å²) in [5, 5.41) is 0. The van der Waals surface area contributed by atoms with Gasteiger partial charge in [0.25, 0.3) is 5.91 Å². The minimum absolute atomic E-state index is 0.126. The third-order valence-electron chi connectivity index (χ3n) is 6.05. The number of hydrogen-bond donors (Lipinski definition) is 0. The summed E-state index contributed by atoms with van der Waals surface area (Å²) in [6.07, 6.45) is -0.312. The molecule has 2 aromatic rings. The maximum Gasteiger partial charge on any atom is 0.309 e. The maximum atomic E-state index is 13.1. The van der Waals surface area contributed by atoms with Gasteiger partial charge in [-0.1, -0.05) is 18.2 Å². The van der Waals surface area contributed by atoms with Crippen LogP contribution in [0.5, 0.6) is 11.5 Å². The van der Waals surface area contributed by atoms with Crippen LogP contribution in [0.15, 0.2) is 53.4 Å². The molecule has 0 aromatic heterocycles. The van der Waals surface area contributed by atoms with Gasteiger partial charge in [-0.15, -0.1) is 0 Å². The highest BCUT2D eigenvalue weighted by molar-refractivity contribution is 7.89. The van der Waals surface area contributed by atoms with Crippen molar-refractivity contribution in [2.24, 2.45) is 5.92 Å². The Kier molecular flexibility index (Phi) is 7.08. The van der Waals surface area contributed by atoms with Crippen LogP contribution in [-0.4, -0.2) is 64.1 Å². The van der Waals surface area contributed by atoms with E-state index < -0.39 is 28.0 Å². The Balaban J connectivity index is 1.33. The van der Waals surface area contributed by atoms with E-state index in [9.17, 15) is 18.0 Å². The summed E-state index contributed by atoms with van der Waals surface area (Å²) >= 11 is 0. The van der Waals surface area contributed by atoms with Crippen LogP contribution in [-0.2, 0) is 24.3 Å². The Labute approximate surface area is 199 Å². The van der Waals surface area contributed by atoms with Gasteiger partial charge in [-0.3, -0.25) is 9.59 Å². The number of fused-ring (bicyclic) bond motifs is 1. The highest BCUT2D eigenvalue weighted by Gasteiger charge is 2.35. The number of carbonyl (C=O) groups is 2. The summed E-state index contributed by atoms with van der Waals surface area (Å²) < 4.78 is 43.9. The van der Waals surface area contributed by atoms with Crippen LogP contribution in [0.25, 0.3) is 0 Å². The molecule has 0 unspecified atom stereocenters. The zero-order chi connectivity index (χ0) is 24.3. The van der Waals surface area contributed by atoms with Crippen LogP contribution in [0, 0.1) is 5.92 Å². The van der Waals surface area contributed by atoms with Gasteiger partial charge in [0.1, 0.15) is 13.2 Å². The number of benzene rings is 2. The highest BCUT2D eigenvalue weighted by atomic mass is 32.2. The first-order chi connectivity index (χ1) is 16.3. The van der Waals surface area contributed by atoms with Crippen molar-refractivity contribution in [3.05, 3.63) is 48.5 Å². The van der Waals surface area contributed by atoms with Crippen LogP contribution in [0.4, 0.5) is 5.69 Å². The molecule has 4 rings (SSSR count). The van der Waals surface area contributed by atoms with Crippen molar-refractivity contribution in [1.29, 1.82) is 0 Å². The average molecular weight is 489 g/mol. The lowest BCUT2D eigenvalue weighted by molar-refractivity contribution is -0.159. The smallest absolute Gasteiger partial charge is 0.309 e. The zero-order valence-corrected chi connectivity index (χ0v) is 20.0. The molecule has 0 N–H and O–H groups in total. The lowest BCUT2D eigenvalue weighted by Gasteiger charge is -2.31. The number of amides is 1. The van der Waals surface area contributed by atoms with Gasteiger partial charge < -0.3 is 19.1 Å². The molecule has 2 aromatic carbocycles. The molecule has 2 aliphatic rings. The predicted molar refractivity (Wildman–Crippen MR) is 124 cm³/mol. The number of para-hydroxylation sites is 1. The minimum Gasteiger partial charge on any atom is -0.486 e. The van der Waals surface area contributed by atoms with E-state index >= 15 is 0 Å². The van der Waals surface area contributed by atoms with E-state index in [1.165, 1.54) is 21.3 Å². The molecule has 1 atom stereocenters. The third-order valence-corrected chi connectivity index (χ3v) is 7.95. The van der Waals surface area contributed by atoms with Crippen LogP contribution >= 0.6 is 0 Å². The summed E-state index contributed by atoms with van der Waals surface area (Å²) in [6, 6.07) is 13.7. The van der Waals surface area contributed by atoms with Gasteiger partial charge in [-0.05, 0) is 44.0 Å². The minimum atomic E-state index is -3.74. The van der Waals surface area contributed by atoms with Gasteiger partial charge in [-0.25, -0.2) is 8.42 Å². The lowest BCUT2D eigenvalue weighted by atomic mass is 9.98. The van der Waals surface area contributed by atoms with E-state index in [1.54, 1.807) is 32.2 Å². The predicted octanol–water partition coefficient (Wildman–Crippen LogP) is 2.45. The molecule has 0 aliphatic carbocycles. The van der Waals surface area contributed by atoms with Gasteiger partial charge in [0.2, 0.25) is 10.0 Å². The molecule has 2 aliphatic heterocycles. The second-order valence-corrected chi connectivity index (χ2v) is 10.2. The van der Waals surface area contributed by atoms with Crippen LogP contribution < -0.4 is 14.4 Å². The molecule has 34 heavy (non-hydrogen) atoms. The Morgan fingerprint density at radius 2 is 1.68 bits per heavy atom. The molecule has 9 nitrogen and oxygen atoms in total. The molecule has 1 fully saturated rings. The van der Waals surface area contributed by atoms with E-state index in [-0.39, 0.29) is 23.9 Å². The maximum absolute atomic E-state index is 13.1. The standard InChI is InChI=1S/C24H28N2O7S/c1-17(23(27)25(2)19-6-4-3-5-7-19)33-24(28)18-10-12-26(13-11-18)34(29,30)20-8-9-21-22(16-20)32-15-14-31-21/h3-9,16-18H,10-15H2,1-2H3/t17-/m0/s1. The fourth-order valence-corrected chi connectivity index (χ4v) is 5.52. The molecule has 182 valence electrons. The van der Waals surface area contributed by atoms with Gasteiger partial charge >= 0.3 is 5.97 Å². The average Bonchev–Trinajstić information content (AvgIpc) is 2.88. The Hall–Kier alpha value is -3.11. The number of ether oxygens (including phenoxy) is 3. The molecule has 0 saturated carbocycles. The highest BCUT2D eigenvalue weighted by Crippen LogP contribution is 2.34. The molecule has 10 heteroatoms. The molecule has 1 saturated heterocycles. The van der Waals surface area contributed by atoms with Gasteiger partial charge in [0.05, 0.1) is 10.8 Å². The van der Waals surface area contributed by atoms with E-state index in [0.717, 1.165) is 0 Å². The number of rotatable bonds is 6. The van der Waals surface area contributed by atoms with Crippen molar-refractivity contribution in [1.82, 2.24) is 4.31 Å². The molecule has 0 bridgehead atoms. The van der Waals surface area contributed by atoms with Crippen molar-refractivity contribution in [3.63, 3.8) is 0 Å². The van der Waals surface area contributed by atoms with Crippen LogP contribution in [0.3, 0.4) is 0 Å². The van der Waals surface area contributed by atoms with Crippen molar-refractivity contribution in [2.75, 3.05) is 38.3 Å². The second-order valence-electron chi connectivity index (χ2n) is 8.30. The first kappa shape index (κ1) is 24.0. The van der Waals surface area contributed by atoms with Crippen molar-refractivity contribution in [3.8, 4) is 11.5 Å². The number of hydrogen-bond acceptors (Lipinski definition) is 7. The van der Waals surface area contributed by atoms with Crippen LogP contribution in [0.1, 0.15) is 19.8 Å². The van der Waals surface area contributed by atoms with E-state index in [1.807, 2.05) is 18.2 Å². The summed E-state index contributed by atoms with van der Waals surface area (Å²) in [7, 11) is -2.11. The van der Waals surface area contributed by atoms with E-state index in [0.29, 0.717) is 43.2 Å². The first-order valence-electron chi connectivity index (χ1n) is 11.2. The second kappa shape index (κ2) is 10.0. The number of esters is 1. The number of carbonyl (C=O) groups excluding carboxylic acids is 2. The molecule has 1 amide bonds. The Bertz CT molecular complexity index is 1150. The quantitative estimate of drug-likeness (QED) is 0.576. The van der Waals surface area contributed by atoms with Gasteiger partial charge in [-0.2, -0.15) is 4.31 Å². The Morgan fingerprint density at radius 3 is 2.35 bits per heavy atom. The van der Waals surface area contributed by atoms with Gasteiger partial charge in [0, 0.05) is 31.9 Å². The SMILES string of the molecule is C[C@H](OC(=O)C1CCN(S(=O)(=O)c2ccc3c(c2)OCCO3)CC1)C(=O)N(C)c1ccccc1. The van der Waals surface area contributed by atoms with E-state index in [2.05, 4.69) is 0 Å². The number of sulfonamides is 1. The summed E-state index contributed by atoms with van der Waals surface area (Å²) in [5.41, 5.74) is 0.702. The molecular weight excluding hydrogens is 460 g/mol. The Morgan fingerprint density at radius 1 is 1.03 bits per heavy atom. The summed E-state index contributed by atoms with van der Waals surface area (Å²) in [5.74, 6) is -0.362. The monoisotopic (exact) mass is 488 g/mol. The number of nitrogens with zero attached hydrogens (tertiary/aromatic N) is 2. The molecule has 0 spiro atoms. The van der Waals surface area contributed by atoms with Crippen LogP contribution in [0.2, 0.25) is 0 Å². The number of piperidine rings is 1. The van der Waals surface area contributed by atoms with E-state index in [4.69, 9.17) is 14.2 Å². The van der Waals surface area contributed by atoms with Crippen molar-refractivity contribution in [2.45, 2.75) is 30.8 Å². The number of likely N-dealkylation sites (N-methyl/N-ethyl adjacent to an activating group) is 1. The summed E-state index contributed by atoms with van der Waals surface area (Å²) in [4.78, 5) is 26.9. The normalized spacial score (nSPS) is 17.6. The molecule has 0 radical (unpaired) electrons. The fraction of sp³-hybridized carbons (Fsp3) is 0.417. The third kappa shape index (κ3) is 5.02. The molecular formula is C24H28N2O7S. The lowest BCUT2D eigenvalue weighted by Crippen LogP contribution is -2.42. The largest absolute Gasteiger partial charge is 0.486 e. The molecule has 2 heterocycles. The topological polar surface area (TPSA) is 102 Å². The van der Waals surface area contributed by atoms with Crippen molar-refractivity contribution < 1.29 is 32.2 Å². The first-order valence-corrected chi connectivity index (χ1v) is 12.6. The summed E-state index contributed by atoms with van der Waals surface area (Å²) in [6.45, 7) is 2.70. The fourth-order valence-electron chi connectivity index (χ4n) is 4.04. The van der Waals surface area contributed by atoms with Crippen molar-refractivity contribution >= 4 is 27.6 Å². The zero-order valence-electron chi connectivity index (χ0n) is 19.2. The van der Waals surface area contributed by atoms with Gasteiger partial charge in [0.15, 0.2) is 17.6 Å².